The molecule has 1 aromatic heterocycles. The molecule has 2 rings (SSSR count). The fourth-order valence-electron chi connectivity index (χ4n) is 2.01. The van der Waals surface area contributed by atoms with Crippen molar-refractivity contribution in [2.75, 3.05) is 0 Å². The third kappa shape index (κ3) is 5.26. The molecule has 4 nitrogen and oxygen atoms in total. The van der Waals surface area contributed by atoms with Crippen LogP contribution in [0.15, 0.2) is 54.9 Å². The van der Waals surface area contributed by atoms with E-state index in [9.17, 15) is 4.79 Å². The van der Waals surface area contributed by atoms with Crippen LogP contribution in [0.3, 0.4) is 0 Å². The van der Waals surface area contributed by atoms with E-state index >= 15 is 0 Å². The van der Waals surface area contributed by atoms with Crippen molar-refractivity contribution in [3.63, 3.8) is 0 Å². The number of nitrogens with zero attached hydrogens (tertiary/aromatic N) is 1. The summed E-state index contributed by atoms with van der Waals surface area (Å²) in [5.74, 6) is 0. The van der Waals surface area contributed by atoms with Crippen LogP contribution in [0.1, 0.15) is 18.1 Å². The number of hydrogen-bond acceptors (Lipinski definition) is 2. The van der Waals surface area contributed by atoms with E-state index in [4.69, 9.17) is 4.74 Å². The first-order valence-corrected chi connectivity index (χ1v) is 7.06. The van der Waals surface area contributed by atoms with Crippen molar-refractivity contribution in [2.45, 2.75) is 33.0 Å². The minimum atomic E-state index is -0.397. The van der Waals surface area contributed by atoms with Gasteiger partial charge in [-0.25, -0.2) is 4.79 Å². The molecule has 1 aromatic carbocycles. The van der Waals surface area contributed by atoms with Crippen LogP contribution >= 0.6 is 0 Å². The lowest BCUT2D eigenvalue weighted by Gasteiger charge is -2.13. The summed E-state index contributed by atoms with van der Waals surface area (Å²) in [4.78, 5) is 11.7. The fraction of sp³-hybridized carbons (Fsp3) is 0.294. The molecule has 0 unspecified atom stereocenters. The largest absolute Gasteiger partial charge is 0.412 e. The van der Waals surface area contributed by atoms with Crippen molar-refractivity contribution in [1.29, 1.82) is 0 Å². The highest BCUT2D eigenvalue weighted by molar-refractivity contribution is 5.67. The van der Waals surface area contributed by atoms with E-state index in [1.54, 1.807) is 0 Å². The Kier molecular flexibility index (Phi) is 5.32. The maximum atomic E-state index is 11.7. The highest BCUT2D eigenvalue weighted by Crippen LogP contribution is 2.02. The summed E-state index contributed by atoms with van der Waals surface area (Å²) in [5, 5.41) is 2.84. The van der Waals surface area contributed by atoms with Crippen LogP contribution in [0, 0.1) is 6.92 Å². The van der Waals surface area contributed by atoms with E-state index in [1.165, 1.54) is 11.1 Å². The molecule has 0 fully saturated rings. The van der Waals surface area contributed by atoms with Crippen molar-refractivity contribution in [3.05, 3.63) is 66.0 Å². The van der Waals surface area contributed by atoms with Gasteiger partial charge >= 0.3 is 6.09 Å². The highest BCUT2D eigenvalue weighted by Gasteiger charge is 2.10. The molecule has 110 valence electrons. The van der Waals surface area contributed by atoms with Gasteiger partial charge in [-0.3, -0.25) is 0 Å². The van der Waals surface area contributed by atoms with Gasteiger partial charge in [-0.05, 0) is 31.4 Å². The van der Waals surface area contributed by atoms with Crippen LogP contribution in [0.5, 0.6) is 0 Å². The summed E-state index contributed by atoms with van der Waals surface area (Å²) in [5.41, 5.74) is 2.37. The molecule has 0 radical (unpaired) electrons. The van der Waals surface area contributed by atoms with Gasteiger partial charge in [0.1, 0.15) is 0 Å². The Labute approximate surface area is 125 Å². The van der Waals surface area contributed by atoms with Gasteiger partial charge in [0.15, 0.2) is 12.4 Å². The number of rotatable bonds is 5. The lowest BCUT2D eigenvalue weighted by atomic mass is 10.1. The molecule has 0 aliphatic rings. The summed E-state index contributed by atoms with van der Waals surface area (Å²) in [6.45, 7) is 4.20. The zero-order valence-corrected chi connectivity index (χ0v) is 12.5. The van der Waals surface area contributed by atoms with E-state index in [0.717, 1.165) is 6.42 Å². The van der Waals surface area contributed by atoms with Crippen LogP contribution in [0.4, 0.5) is 4.79 Å². The summed E-state index contributed by atoms with van der Waals surface area (Å²) in [6, 6.07) is 14.0. The van der Waals surface area contributed by atoms with Gasteiger partial charge in [0.05, 0.1) is 0 Å². The first-order valence-electron chi connectivity index (χ1n) is 7.06. The molecule has 21 heavy (non-hydrogen) atoms. The predicted octanol–water partition coefficient (Wildman–Crippen LogP) is 2.60. The highest BCUT2D eigenvalue weighted by atomic mass is 16.6. The van der Waals surface area contributed by atoms with E-state index in [1.807, 2.05) is 73.3 Å². The Morgan fingerprint density at radius 2 is 1.86 bits per heavy atom. The number of aryl methyl sites for hydroxylation is 1. The van der Waals surface area contributed by atoms with Gasteiger partial charge in [-0.2, -0.15) is 4.57 Å². The van der Waals surface area contributed by atoms with Gasteiger partial charge in [-0.1, -0.05) is 30.3 Å². The molecular formula is C17H21N2O2+. The number of carbonyl (C=O) groups excluding carboxylic acids is 1. The molecule has 0 aliphatic heterocycles. The number of amides is 1. The van der Waals surface area contributed by atoms with Gasteiger partial charge in [-0.15, -0.1) is 0 Å². The van der Waals surface area contributed by atoms with Gasteiger partial charge in [0, 0.05) is 18.2 Å². The van der Waals surface area contributed by atoms with Crippen molar-refractivity contribution < 1.29 is 14.1 Å². The Hall–Kier alpha value is -2.36. The van der Waals surface area contributed by atoms with E-state index in [-0.39, 0.29) is 12.8 Å². The number of aromatic nitrogens is 1. The average Bonchev–Trinajstić information content (AvgIpc) is 2.47. The molecular weight excluding hydrogens is 264 g/mol. The molecule has 1 atom stereocenters. The van der Waals surface area contributed by atoms with E-state index in [0.29, 0.717) is 0 Å². The SMILES string of the molecule is Cc1cc[n+](COC(=O)N[C@@H](C)Cc2ccccc2)cc1. The first-order chi connectivity index (χ1) is 10.1. The second-order valence-electron chi connectivity index (χ2n) is 5.19. The molecule has 1 heterocycles. The molecule has 1 N–H and O–H groups in total. The first kappa shape index (κ1) is 15.0. The molecule has 2 aromatic rings. The topological polar surface area (TPSA) is 42.2 Å². The Balaban J connectivity index is 1.75. The molecule has 0 aliphatic carbocycles. The number of benzene rings is 1. The zero-order valence-electron chi connectivity index (χ0n) is 12.5. The maximum Gasteiger partial charge on any atom is 0.412 e. The smallest absolute Gasteiger partial charge is 0.388 e. The molecule has 4 heteroatoms. The summed E-state index contributed by atoms with van der Waals surface area (Å²) in [6.07, 6.45) is 4.16. The number of carbonyl (C=O) groups is 1. The van der Waals surface area contributed by atoms with Gasteiger partial charge < -0.3 is 10.1 Å². The Morgan fingerprint density at radius 1 is 1.19 bits per heavy atom. The number of alkyl carbamates (subject to hydrolysis) is 1. The van der Waals surface area contributed by atoms with Gasteiger partial charge in [0.25, 0.3) is 6.73 Å². The Bertz CT molecular complexity index is 567. The molecule has 0 spiro atoms. The number of hydrogen-bond donors (Lipinski definition) is 1. The van der Waals surface area contributed by atoms with Crippen LogP contribution in [-0.2, 0) is 17.9 Å². The minimum Gasteiger partial charge on any atom is -0.388 e. The Morgan fingerprint density at radius 3 is 2.52 bits per heavy atom. The monoisotopic (exact) mass is 285 g/mol. The molecule has 0 saturated heterocycles. The summed E-state index contributed by atoms with van der Waals surface area (Å²) < 4.78 is 7.00. The predicted molar refractivity (Wildman–Crippen MR) is 80.6 cm³/mol. The fourth-order valence-corrected chi connectivity index (χ4v) is 2.01. The van der Waals surface area contributed by atoms with Crippen molar-refractivity contribution in [1.82, 2.24) is 5.32 Å². The number of ether oxygens (including phenoxy) is 1. The van der Waals surface area contributed by atoms with Crippen molar-refractivity contribution in [3.8, 4) is 0 Å². The van der Waals surface area contributed by atoms with Crippen LogP contribution in [0.25, 0.3) is 0 Å². The standard InChI is InChI=1S/C17H20N2O2/c1-14-8-10-19(11-9-14)13-21-17(20)18-15(2)12-16-6-4-3-5-7-16/h3-11,15H,12-13H2,1-2H3/p+1/t15-/m0/s1. The minimum absolute atomic E-state index is 0.0305. The van der Waals surface area contributed by atoms with Gasteiger partial charge in [0.2, 0.25) is 0 Å². The third-order valence-electron chi connectivity index (χ3n) is 3.15. The van der Waals surface area contributed by atoms with Crippen molar-refractivity contribution >= 4 is 6.09 Å². The quantitative estimate of drug-likeness (QED) is 0.858. The third-order valence-corrected chi connectivity index (χ3v) is 3.15. The zero-order chi connectivity index (χ0) is 15.1. The lowest BCUT2D eigenvalue weighted by molar-refractivity contribution is -0.727. The maximum absolute atomic E-state index is 11.7. The van der Waals surface area contributed by atoms with Crippen molar-refractivity contribution in [2.24, 2.45) is 0 Å². The summed E-state index contributed by atoms with van der Waals surface area (Å²) >= 11 is 0. The lowest BCUT2D eigenvalue weighted by Crippen LogP contribution is -2.40. The van der Waals surface area contributed by atoms with Crippen LogP contribution in [0.2, 0.25) is 0 Å². The average molecular weight is 285 g/mol. The second-order valence-corrected chi connectivity index (χ2v) is 5.19. The second kappa shape index (κ2) is 7.43. The number of pyridine rings is 1. The van der Waals surface area contributed by atoms with E-state index < -0.39 is 6.09 Å². The van der Waals surface area contributed by atoms with Crippen LogP contribution in [-0.4, -0.2) is 12.1 Å². The number of nitrogens with one attached hydrogen (secondary N) is 1. The van der Waals surface area contributed by atoms with Crippen LogP contribution < -0.4 is 9.88 Å². The van der Waals surface area contributed by atoms with E-state index in [2.05, 4.69) is 5.32 Å². The summed E-state index contributed by atoms with van der Waals surface area (Å²) in [7, 11) is 0. The molecule has 0 bridgehead atoms. The molecule has 0 saturated carbocycles. The normalized spacial score (nSPS) is 11.7. The molecule has 1 amide bonds.